The van der Waals surface area contributed by atoms with Crippen LogP contribution in [0, 0.1) is 11.8 Å². The summed E-state index contributed by atoms with van der Waals surface area (Å²) in [6.07, 6.45) is -0.758. The first-order valence-electron chi connectivity index (χ1n) is 17.0. The third kappa shape index (κ3) is 8.81. The Kier molecular flexibility index (Phi) is 12.0. The highest BCUT2D eigenvalue weighted by Gasteiger charge is 2.37. The number of fused-ring (bicyclic) bond motifs is 1. The first-order valence-corrected chi connectivity index (χ1v) is 17.4. The highest BCUT2D eigenvalue weighted by Crippen LogP contribution is 2.36. The molecule has 4 amide bonds. The number of benzene rings is 2. The van der Waals surface area contributed by atoms with Crippen LogP contribution in [-0.2, 0) is 28.5 Å². The molecule has 4 heterocycles. The maximum Gasteiger partial charge on any atom is 0.417 e. The number of rotatable bonds is 6. The molecule has 0 spiro atoms. The molecule has 49 heavy (non-hydrogen) atoms. The van der Waals surface area contributed by atoms with E-state index < -0.39 is 29.0 Å². The fraction of sp³-hybridized carbons (Fsp3) is 0.583. The number of hydrogen-bond donors (Lipinski definition) is 2. The average molecular weight is 706 g/mol. The predicted molar refractivity (Wildman–Crippen MR) is 183 cm³/mol. The van der Waals surface area contributed by atoms with Crippen LogP contribution in [0.15, 0.2) is 42.5 Å². The van der Waals surface area contributed by atoms with Crippen LogP contribution in [0.2, 0.25) is 5.02 Å². The van der Waals surface area contributed by atoms with Crippen molar-refractivity contribution in [2.45, 2.75) is 77.1 Å². The molecule has 3 saturated heterocycles. The lowest BCUT2D eigenvalue weighted by Crippen LogP contribution is -2.52. The summed E-state index contributed by atoms with van der Waals surface area (Å²) in [5, 5.41) is 5.93. The summed E-state index contributed by atoms with van der Waals surface area (Å²) < 4.78 is 46.0. The van der Waals surface area contributed by atoms with E-state index in [2.05, 4.69) is 10.6 Å². The van der Waals surface area contributed by atoms with E-state index in [0.717, 1.165) is 62.5 Å². The van der Waals surface area contributed by atoms with Crippen molar-refractivity contribution in [1.29, 1.82) is 0 Å². The molecular weight excluding hydrogens is 659 g/mol. The highest BCUT2D eigenvalue weighted by molar-refractivity contribution is 6.31. The number of carbonyl (C=O) groups excluding carboxylic acids is 3. The van der Waals surface area contributed by atoms with Gasteiger partial charge in [-0.2, -0.15) is 13.2 Å². The Morgan fingerprint density at radius 3 is 2.22 bits per heavy atom. The predicted octanol–water partition coefficient (Wildman–Crippen LogP) is 6.84. The zero-order chi connectivity index (χ0) is 33.8. The molecule has 4 aliphatic rings. The van der Waals surface area contributed by atoms with Gasteiger partial charge >= 0.3 is 18.3 Å². The topological polar surface area (TPSA) is 94.2 Å². The van der Waals surface area contributed by atoms with Gasteiger partial charge in [-0.05, 0) is 99.2 Å². The number of carbonyl (C=O) groups is 3. The number of nitrogens with zero attached hydrogens (tertiary/aromatic N) is 3. The summed E-state index contributed by atoms with van der Waals surface area (Å²) in [6, 6.07) is 10.9. The Bertz CT molecular complexity index is 1470. The number of halogens is 4. The smallest absolute Gasteiger partial charge is 0.417 e. The highest BCUT2D eigenvalue weighted by atomic mass is 35.5. The van der Waals surface area contributed by atoms with Gasteiger partial charge in [0.1, 0.15) is 0 Å². The Balaban J connectivity index is 0.00000468. The van der Waals surface area contributed by atoms with E-state index in [1.807, 2.05) is 29.2 Å². The van der Waals surface area contributed by atoms with Gasteiger partial charge in [0.2, 0.25) is 0 Å². The second kappa shape index (κ2) is 16.0. The zero-order valence-corrected chi connectivity index (χ0v) is 27.7. The summed E-state index contributed by atoms with van der Waals surface area (Å²) in [7, 11) is 0. The van der Waals surface area contributed by atoms with Gasteiger partial charge in [-0.1, -0.05) is 43.3 Å². The lowest BCUT2D eigenvalue weighted by atomic mass is 9.79. The molecule has 2 aromatic rings. The van der Waals surface area contributed by atoms with Crippen molar-refractivity contribution < 1.29 is 32.3 Å². The van der Waals surface area contributed by atoms with Crippen molar-refractivity contribution >= 4 is 35.3 Å². The number of ether oxygens (including phenoxy) is 1. The number of alkyl halides is 3. The van der Waals surface area contributed by atoms with Crippen molar-refractivity contribution in [3.63, 3.8) is 0 Å². The minimum absolute atomic E-state index is 0. The molecule has 0 bridgehead atoms. The molecule has 13 heteroatoms. The number of urea groups is 1. The Morgan fingerprint density at radius 2 is 1.55 bits per heavy atom. The summed E-state index contributed by atoms with van der Waals surface area (Å²) in [5.41, 5.74) is 1.30. The van der Waals surface area contributed by atoms with Crippen LogP contribution in [0.1, 0.15) is 62.6 Å². The first kappa shape index (κ1) is 36.8. The SMILES string of the molecule is C.O=C(O[C@H](Cc1ccc(C(F)(F)F)c(Cl)c1)C(=O)N1CCC(C2CCNCC2)CC1)N1CCC(N2CCc3ccccc3NC2=O)CC1. The van der Waals surface area contributed by atoms with Gasteiger partial charge in [0.15, 0.2) is 6.10 Å². The van der Waals surface area contributed by atoms with Crippen LogP contribution in [0.25, 0.3) is 0 Å². The van der Waals surface area contributed by atoms with Crippen LogP contribution >= 0.6 is 11.6 Å². The largest absolute Gasteiger partial charge is 0.436 e. The van der Waals surface area contributed by atoms with Gasteiger partial charge in [0.05, 0.1) is 10.6 Å². The number of nitrogens with one attached hydrogen (secondary N) is 2. The number of hydrogen-bond acceptors (Lipinski definition) is 5. The maximum absolute atomic E-state index is 13.9. The summed E-state index contributed by atoms with van der Waals surface area (Å²) in [5.74, 6) is 0.816. The van der Waals surface area contributed by atoms with Crippen LogP contribution < -0.4 is 10.6 Å². The quantitative estimate of drug-likeness (QED) is 0.344. The Hall–Kier alpha value is -3.51. The summed E-state index contributed by atoms with van der Waals surface area (Å²) >= 11 is 6.00. The van der Waals surface area contributed by atoms with Gasteiger partial charge in [-0.3, -0.25) is 4.79 Å². The molecule has 9 nitrogen and oxygen atoms in total. The summed E-state index contributed by atoms with van der Waals surface area (Å²) in [4.78, 5) is 45.5. The standard InChI is InChI=1S/C35H43ClF3N5O4.CH4/c36-29-21-23(5-6-28(29)35(37,38)39)22-31(32(45)42-16-9-25(10-17-42)24-7-14-40-15-8-24)48-34(47)43-18-12-27(13-19-43)44-20-11-26-3-1-2-4-30(26)41-33(44)46;/h1-6,21,24-25,27,31,40H,7-20,22H2,(H,41,46);1H4/t31-;/m1./s1. The number of likely N-dealkylation sites (tertiary alicyclic amines) is 2. The van der Waals surface area contributed by atoms with Crippen LogP contribution in [0.4, 0.5) is 28.4 Å². The van der Waals surface area contributed by atoms with Gasteiger partial charge in [0.25, 0.3) is 5.91 Å². The van der Waals surface area contributed by atoms with E-state index in [1.54, 1.807) is 9.80 Å². The zero-order valence-electron chi connectivity index (χ0n) is 26.9. The van der Waals surface area contributed by atoms with Crippen molar-refractivity contribution in [3.05, 3.63) is 64.2 Å². The average Bonchev–Trinajstić information content (AvgIpc) is 3.25. The van der Waals surface area contributed by atoms with Crippen molar-refractivity contribution in [2.24, 2.45) is 11.8 Å². The van der Waals surface area contributed by atoms with Crippen molar-refractivity contribution in [3.8, 4) is 0 Å². The first-order chi connectivity index (χ1) is 23.1. The lowest BCUT2D eigenvalue weighted by Gasteiger charge is -2.39. The van der Waals surface area contributed by atoms with Gasteiger partial charge in [-0.15, -0.1) is 0 Å². The van der Waals surface area contributed by atoms with Gasteiger partial charge in [0, 0.05) is 50.9 Å². The van der Waals surface area contributed by atoms with Crippen LogP contribution in [0.5, 0.6) is 0 Å². The minimum atomic E-state index is -4.61. The molecule has 1 atom stereocenters. The molecule has 4 aliphatic heterocycles. The Morgan fingerprint density at radius 1 is 0.898 bits per heavy atom. The molecule has 0 saturated carbocycles. The van der Waals surface area contributed by atoms with Crippen LogP contribution in [0.3, 0.4) is 0 Å². The van der Waals surface area contributed by atoms with E-state index in [-0.39, 0.29) is 31.8 Å². The molecule has 268 valence electrons. The minimum Gasteiger partial charge on any atom is -0.436 e. The van der Waals surface area contributed by atoms with Gasteiger partial charge < -0.3 is 30.1 Å². The number of piperidine rings is 3. The molecule has 2 aromatic carbocycles. The van der Waals surface area contributed by atoms with E-state index >= 15 is 0 Å². The fourth-order valence-electron chi connectivity index (χ4n) is 7.71. The van der Waals surface area contributed by atoms with Crippen molar-refractivity contribution in [2.75, 3.05) is 51.1 Å². The van der Waals surface area contributed by atoms with Crippen molar-refractivity contribution in [1.82, 2.24) is 20.0 Å². The lowest BCUT2D eigenvalue weighted by molar-refractivity contribution is -0.142. The summed E-state index contributed by atoms with van der Waals surface area (Å²) in [6.45, 7) is 4.36. The molecular formula is C36H47ClF3N5O4. The monoisotopic (exact) mass is 705 g/mol. The Labute approximate surface area is 291 Å². The molecule has 0 aliphatic carbocycles. The second-order valence-corrected chi connectivity index (χ2v) is 13.8. The molecule has 3 fully saturated rings. The number of anilines is 1. The second-order valence-electron chi connectivity index (χ2n) is 13.4. The van der Waals surface area contributed by atoms with E-state index in [1.165, 1.54) is 12.1 Å². The van der Waals surface area contributed by atoms with E-state index in [0.29, 0.717) is 63.0 Å². The molecule has 0 radical (unpaired) electrons. The van der Waals surface area contributed by atoms with Crippen LogP contribution in [-0.4, -0.2) is 90.7 Å². The molecule has 0 aromatic heterocycles. The van der Waals surface area contributed by atoms with E-state index in [4.69, 9.17) is 16.3 Å². The molecule has 2 N–H and O–H groups in total. The third-order valence-corrected chi connectivity index (χ3v) is 10.8. The number of amides is 4. The maximum atomic E-state index is 13.9. The number of para-hydroxylation sites is 1. The fourth-order valence-corrected chi connectivity index (χ4v) is 8.02. The van der Waals surface area contributed by atoms with E-state index in [9.17, 15) is 27.6 Å². The third-order valence-electron chi connectivity index (χ3n) is 10.5. The van der Waals surface area contributed by atoms with Gasteiger partial charge in [-0.25, -0.2) is 9.59 Å². The molecule has 0 unspecified atom stereocenters. The normalized spacial score (nSPS) is 20.5. The molecule has 6 rings (SSSR count).